The summed E-state index contributed by atoms with van der Waals surface area (Å²) in [5, 5.41) is 22.2. The van der Waals surface area contributed by atoms with E-state index in [2.05, 4.69) is 27.8 Å². The van der Waals surface area contributed by atoms with Gasteiger partial charge < -0.3 is 15.5 Å². The van der Waals surface area contributed by atoms with Gasteiger partial charge in [0.25, 0.3) is 0 Å². The van der Waals surface area contributed by atoms with Crippen LogP contribution in [-0.2, 0) is 6.54 Å². The average molecular weight is 283 g/mol. The van der Waals surface area contributed by atoms with Gasteiger partial charge in [-0.15, -0.1) is 11.3 Å². The second-order valence-corrected chi connectivity index (χ2v) is 6.16. The first-order valence-electron chi connectivity index (χ1n) is 6.46. The number of aliphatic hydroxyl groups excluding tert-OH is 2. The van der Waals surface area contributed by atoms with Crippen LogP contribution in [0.3, 0.4) is 0 Å². The van der Waals surface area contributed by atoms with E-state index in [-0.39, 0.29) is 13.2 Å². The fourth-order valence-corrected chi connectivity index (χ4v) is 2.99. The summed E-state index contributed by atoms with van der Waals surface area (Å²) in [5.41, 5.74) is 1.44. The molecule has 5 nitrogen and oxygen atoms in total. The van der Waals surface area contributed by atoms with Gasteiger partial charge in [0.2, 0.25) is 0 Å². The SMILES string of the molecule is CCC(CO)(CO)NCc1c(C)nc2sc(C)cn12. The van der Waals surface area contributed by atoms with Crippen molar-refractivity contribution in [2.75, 3.05) is 13.2 Å². The lowest BCUT2D eigenvalue weighted by atomic mass is 9.98. The van der Waals surface area contributed by atoms with Crippen LogP contribution in [0.15, 0.2) is 6.20 Å². The highest BCUT2D eigenvalue weighted by atomic mass is 32.1. The molecule has 0 bridgehead atoms. The predicted molar refractivity (Wildman–Crippen MR) is 76.6 cm³/mol. The molecule has 0 amide bonds. The molecular weight excluding hydrogens is 262 g/mol. The van der Waals surface area contributed by atoms with Crippen LogP contribution in [0.1, 0.15) is 29.6 Å². The van der Waals surface area contributed by atoms with E-state index in [1.807, 2.05) is 13.8 Å². The third-order valence-corrected chi connectivity index (χ3v) is 4.55. The highest BCUT2D eigenvalue weighted by molar-refractivity contribution is 7.17. The zero-order valence-corrected chi connectivity index (χ0v) is 12.4. The number of rotatable bonds is 6. The van der Waals surface area contributed by atoms with Gasteiger partial charge in [0.15, 0.2) is 4.96 Å². The van der Waals surface area contributed by atoms with E-state index < -0.39 is 5.54 Å². The molecule has 0 radical (unpaired) electrons. The van der Waals surface area contributed by atoms with Gasteiger partial charge >= 0.3 is 0 Å². The highest BCUT2D eigenvalue weighted by Gasteiger charge is 2.26. The van der Waals surface area contributed by atoms with Crippen molar-refractivity contribution >= 4 is 16.3 Å². The van der Waals surface area contributed by atoms with Gasteiger partial charge in [0, 0.05) is 17.6 Å². The van der Waals surface area contributed by atoms with Gasteiger partial charge in [0.05, 0.1) is 30.1 Å². The van der Waals surface area contributed by atoms with Crippen molar-refractivity contribution in [1.29, 1.82) is 0 Å². The number of hydrogen-bond acceptors (Lipinski definition) is 5. The Kier molecular flexibility index (Phi) is 4.25. The van der Waals surface area contributed by atoms with E-state index in [1.165, 1.54) is 4.88 Å². The van der Waals surface area contributed by atoms with Crippen molar-refractivity contribution in [1.82, 2.24) is 14.7 Å². The monoisotopic (exact) mass is 283 g/mol. The summed E-state index contributed by atoms with van der Waals surface area (Å²) in [6.07, 6.45) is 2.74. The third kappa shape index (κ3) is 2.67. The Balaban J connectivity index is 2.23. The second-order valence-electron chi connectivity index (χ2n) is 4.94. The number of hydrogen-bond donors (Lipinski definition) is 3. The van der Waals surface area contributed by atoms with Gasteiger partial charge in [-0.2, -0.15) is 0 Å². The minimum atomic E-state index is -0.623. The molecule has 0 atom stereocenters. The molecule has 0 unspecified atom stereocenters. The van der Waals surface area contributed by atoms with Crippen molar-refractivity contribution in [3.05, 3.63) is 22.5 Å². The lowest BCUT2D eigenvalue weighted by Gasteiger charge is -2.29. The number of aryl methyl sites for hydroxylation is 2. The van der Waals surface area contributed by atoms with E-state index in [9.17, 15) is 10.2 Å². The van der Waals surface area contributed by atoms with Crippen LogP contribution in [0.5, 0.6) is 0 Å². The van der Waals surface area contributed by atoms with Crippen LogP contribution in [0.25, 0.3) is 4.96 Å². The zero-order valence-electron chi connectivity index (χ0n) is 11.6. The molecule has 2 aromatic rings. The molecule has 0 fully saturated rings. The zero-order chi connectivity index (χ0) is 14.0. The summed E-state index contributed by atoms with van der Waals surface area (Å²) >= 11 is 1.66. The maximum Gasteiger partial charge on any atom is 0.194 e. The van der Waals surface area contributed by atoms with Gasteiger partial charge in [-0.25, -0.2) is 4.98 Å². The predicted octanol–water partition coefficient (Wildman–Crippen LogP) is 1.24. The lowest BCUT2D eigenvalue weighted by molar-refractivity contribution is 0.0860. The maximum absolute atomic E-state index is 9.45. The number of thiazole rings is 1. The molecule has 6 heteroatoms. The number of nitrogens with one attached hydrogen (secondary N) is 1. The van der Waals surface area contributed by atoms with Crippen LogP contribution in [-0.4, -0.2) is 38.4 Å². The number of nitrogens with zero attached hydrogens (tertiary/aromatic N) is 2. The molecule has 0 aliphatic heterocycles. The largest absolute Gasteiger partial charge is 0.394 e. The van der Waals surface area contributed by atoms with Gasteiger partial charge in [-0.05, 0) is 20.3 Å². The first-order chi connectivity index (χ1) is 9.05. The molecule has 3 N–H and O–H groups in total. The van der Waals surface area contributed by atoms with Crippen LogP contribution in [0.2, 0.25) is 0 Å². The minimum Gasteiger partial charge on any atom is -0.394 e. The minimum absolute atomic E-state index is 0.0797. The van der Waals surface area contributed by atoms with Crippen LogP contribution in [0.4, 0.5) is 0 Å². The number of fused-ring (bicyclic) bond motifs is 1. The molecular formula is C13H21N3O2S. The second kappa shape index (κ2) is 5.58. The molecule has 0 spiro atoms. The smallest absolute Gasteiger partial charge is 0.194 e. The van der Waals surface area contributed by atoms with Crippen LogP contribution < -0.4 is 5.32 Å². The van der Waals surface area contributed by atoms with E-state index in [0.29, 0.717) is 13.0 Å². The average Bonchev–Trinajstić information content (AvgIpc) is 2.88. The number of aromatic nitrogens is 2. The quantitative estimate of drug-likeness (QED) is 0.746. The van der Waals surface area contributed by atoms with Gasteiger partial charge in [0.1, 0.15) is 0 Å². The van der Waals surface area contributed by atoms with Crippen molar-refractivity contribution in [2.24, 2.45) is 0 Å². The first-order valence-corrected chi connectivity index (χ1v) is 7.27. The molecule has 0 saturated carbocycles. The molecule has 2 heterocycles. The summed E-state index contributed by atoms with van der Waals surface area (Å²) in [6, 6.07) is 0. The molecule has 2 rings (SSSR count). The Hall–Kier alpha value is -0.950. The normalized spacial score (nSPS) is 12.5. The molecule has 0 aromatic carbocycles. The van der Waals surface area contributed by atoms with Crippen molar-refractivity contribution < 1.29 is 10.2 Å². The molecule has 2 aromatic heterocycles. The summed E-state index contributed by atoms with van der Waals surface area (Å²) in [6.45, 7) is 6.42. The summed E-state index contributed by atoms with van der Waals surface area (Å²) in [7, 11) is 0. The Morgan fingerprint density at radius 1 is 1.37 bits per heavy atom. The topological polar surface area (TPSA) is 69.8 Å². The third-order valence-electron chi connectivity index (χ3n) is 3.65. The summed E-state index contributed by atoms with van der Waals surface area (Å²) in [5.74, 6) is 0. The molecule has 0 aliphatic carbocycles. The van der Waals surface area contributed by atoms with E-state index in [0.717, 1.165) is 16.3 Å². The summed E-state index contributed by atoms with van der Waals surface area (Å²) < 4.78 is 2.08. The number of aliphatic hydroxyl groups is 2. The first kappa shape index (κ1) is 14.5. The Morgan fingerprint density at radius 2 is 2.05 bits per heavy atom. The molecule has 0 saturated heterocycles. The highest BCUT2D eigenvalue weighted by Crippen LogP contribution is 2.21. The Labute approximate surface area is 116 Å². The van der Waals surface area contributed by atoms with Crippen molar-refractivity contribution in [3.63, 3.8) is 0 Å². The standard InChI is InChI=1S/C13H21N3O2S/c1-4-13(7-17,8-18)14-5-11-10(3)15-12-16(11)6-9(2)19-12/h6,14,17-18H,4-5,7-8H2,1-3H3. The fraction of sp³-hybridized carbons (Fsp3) is 0.615. The van der Waals surface area contributed by atoms with Gasteiger partial charge in [-0.3, -0.25) is 4.40 Å². The maximum atomic E-state index is 9.45. The number of imidazole rings is 1. The molecule has 19 heavy (non-hydrogen) atoms. The van der Waals surface area contributed by atoms with E-state index >= 15 is 0 Å². The Bertz CT molecular complexity index is 549. The van der Waals surface area contributed by atoms with Gasteiger partial charge in [-0.1, -0.05) is 6.92 Å². The van der Waals surface area contributed by atoms with Crippen molar-refractivity contribution in [3.8, 4) is 0 Å². The van der Waals surface area contributed by atoms with E-state index in [4.69, 9.17) is 0 Å². The van der Waals surface area contributed by atoms with E-state index in [1.54, 1.807) is 11.3 Å². The fourth-order valence-electron chi connectivity index (χ4n) is 2.10. The van der Waals surface area contributed by atoms with Crippen molar-refractivity contribution in [2.45, 2.75) is 39.3 Å². The summed E-state index contributed by atoms with van der Waals surface area (Å²) in [4.78, 5) is 6.73. The lowest BCUT2D eigenvalue weighted by Crippen LogP contribution is -2.51. The Morgan fingerprint density at radius 3 is 2.63 bits per heavy atom. The van der Waals surface area contributed by atoms with Crippen LogP contribution >= 0.6 is 11.3 Å². The van der Waals surface area contributed by atoms with Crippen LogP contribution in [0, 0.1) is 13.8 Å². The molecule has 0 aliphatic rings. The molecule has 106 valence electrons.